The van der Waals surface area contributed by atoms with Gasteiger partial charge in [-0.3, -0.25) is 0 Å². The highest BCUT2D eigenvalue weighted by Crippen LogP contribution is 2.35. The number of ether oxygens (including phenoxy) is 2. The monoisotopic (exact) mass is 345 g/mol. The second-order valence-electron chi connectivity index (χ2n) is 5.12. The van der Waals surface area contributed by atoms with Gasteiger partial charge in [0.25, 0.3) is 0 Å². The molecule has 0 saturated carbocycles. The van der Waals surface area contributed by atoms with Crippen LogP contribution in [0.1, 0.15) is 11.1 Å². The molecular weight excluding hydrogens is 330 g/mol. The molecule has 8 heteroatoms. The first-order chi connectivity index (χ1) is 11.4. The zero-order valence-electron chi connectivity index (χ0n) is 12.8. The van der Waals surface area contributed by atoms with Crippen molar-refractivity contribution < 1.29 is 9.47 Å². The smallest absolute Gasteiger partial charge is 0.231 e. The van der Waals surface area contributed by atoms with Gasteiger partial charge in [0.2, 0.25) is 6.79 Å². The number of halogens is 1. The lowest BCUT2D eigenvalue weighted by Crippen LogP contribution is -2.13. The summed E-state index contributed by atoms with van der Waals surface area (Å²) in [6, 6.07) is 9.86. The van der Waals surface area contributed by atoms with Crippen molar-refractivity contribution in [3.63, 3.8) is 0 Å². The molecule has 1 aliphatic heterocycles. The number of hydrogen-bond donors (Lipinski definition) is 1. The quantitative estimate of drug-likeness (QED) is 0.763. The van der Waals surface area contributed by atoms with Crippen LogP contribution in [0, 0.1) is 0 Å². The number of nitrogens with one attached hydrogen (secondary N) is 1. The topological polar surface area (TPSA) is 74.1 Å². The molecule has 7 nitrogen and oxygen atoms in total. The Kier molecular flexibility index (Phi) is 4.93. The molecule has 3 aromatic rings. The molecule has 4 rings (SSSR count). The molecule has 0 unspecified atom stereocenters. The Morgan fingerprint density at radius 3 is 2.88 bits per heavy atom. The van der Waals surface area contributed by atoms with E-state index in [2.05, 4.69) is 20.4 Å². The van der Waals surface area contributed by atoms with Crippen molar-refractivity contribution in [2.24, 2.45) is 0 Å². The highest BCUT2D eigenvalue weighted by atomic mass is 35.5. The second-order valence-corrected chi connectivity index (χ2v) is 5.12. The molecule has 124 valence electrons. The van der Waals surface area contributed by atoms with E-state index < -0.39 is 0 Å². The van der Waals surface area contributed by atoms with Crippen molar-refractivity contribution in [1.29, 1.82) is 0 Å². The van der Waals surface area contributed by atoms with Gasteiger partial charge in [-0.2, -0.15) is 5.10 Å². The normalized spacial score (nSPS) is 12.0. The van der Waals surface area contributed by atoms with Gasteiger partial charge in [-0.1, -0.05) is 18.2 Å². The van der Waals surface area contributed by atoms with Gasteiger partial charge in [0.05, 0.1) is 0 Å². The lowest BCUT2D eigenvalue weighted by atomic mass is 10.2. The summed E-state index contributed by atoms with van der Waals surface area (Å²) in [6.07, 6.45) is 4.94. The molecule has 24 heavy (non-hydrogen) atoms. The van der Waals surface area contributed by atoms with E-state index in [1.165, 1.54) is 6.33 Å². The first-order valence-electron chi connectivity index (χ1n) is 7.28. The Bertz CT molecular complexity index is 793. The van der Waals surface area contributed by atoms with E-state index in [0.717, 1.165) is 35.0 Å². The van der Waals surface area contributed by atoms with Crippen LogP contribution in [0.4, 0.5) is 0 Å². The SMILES string of the molecule is Cl.c1cc(CNCc2ccc(-n3cncn3)nc2)c2c(c1)OCO2. The van der Waals surface area contributed by atoms with E-state index in [1.54, 1.807) is 11.0 Å². The lowest BCUT2D eigenvalue weighted by molar-refractivity contribution is 0.173. The fourth-order valence-electron chi connectivity index (χ4n) is 2.45. The summed E-state index contributed by atoms with van der Waals surface area (Å²) in [5.41, 5.74) is 2.19. The molecule has 1 N–H and O–H groups in total. The van der Waals surface area contributed by atoms with Gasteiger partial charge in [0.1, 0.15) is 12.7 Å². The number of para-hydroxylation sites is 1. The van der Waals surface area contributed by atoms with Crippen molar-refractivity contribution in [2.45, 2.75) is 13.1 Å². The van der Waals surface area contributed by atoms with Crippen molar-refractivity contribution in [3.8, 4) is 17.3 Å². The third-order valence-electron chi connectivity index (χ3n) is 3.59. The minimum atomic E-state index is 0. The van der Waals surface area contributed by atoms with E-state index in [4.69, 9.17) is 9.47 Å². The van der Waals surface area contributed by atoms with Gasteiger partial charge in [-0.15, -0.1) is 12.4 Å². The summed E-state index contributed by atoms with van der Waals surface area (Å²) in [4.78, 5) is 8.29. The molecule has 0 atom stereocenters. The summed E-state index contributed by atoms with van der Waals surface area (Å²) < 4.78 is 12.5. The summed E-state index contributed by atoms with van der Waals surface area (Å²) >= 11 is 0. The number of benzene rings is 1. The molecular formula is C16H16ClN5O2. The predicted octanol–water partition coefficient (Wildman–Crippen LogP) is 2.10. The molecule has 0 radical (unpaired) electrons. The van der Waals surface area contributed by atoms with Gasteiger partial charge in [0, 0.05) is 24.8 Å². The maximum Gasteiger partial charge on any atom is 0.231 e. The first kappa shape index (κ1) is 16.2. The summed E-state index contributed by atoms with van der Waals surface area (Å²) in [5.74, 6) is 2.39. The van der Waals surface area contributed by atoms with E-state index >= 15 is 0 Å². The zero-order valence-corrected chi connectivity index (χ0v) is 13.6. The van der Waals surface area contributed by atoms with E-state index in [1.807, 2.05) is 36.5 Å². The van der Waals surface area contributed by atoms with Crippen molar-refractivity contribution >= 4 is 12.4 Å². The van der Waals surface area contributed by atoms with E-state index in [9.17, 15) is 0 Å². The fraction of sp³-hybridized carbons (Fsp3) is 0.188. The number of rotatable bonds is 5. The maximum atomic E-state index is 5.50. The molecule has 1 aliphatic rings. The average Bonchev–Trinajstić information content (AvgIpc) is 3.27. The van der Waals surface area contributed by atoms with Crippen LogP contribution < -0.4 is 14.8 Å². The molecule has 0 aliphatic carbocycles. The van der Waals surface area contributed by atoms with Gasteiger partial charge in [0.15, 0.2) is 17.3 Å². The Morgan fingerprint density at radius 1 is 1.12 bits per heavy atom. The minimum absolute atomic E-state index is 0. The number of aromatic nitrogens is 4. The zero-order chi connectivity index (χ0) is 15.5. The minimum Gasteiger partial charge on any atom is -0.454 e. The van der Waals surface area contributed by atoms with Gasteiger partial charge in [-0.25, -0.2) is 14.6 Å². The molecule has 3 heterocycles. The van der Waals surface area contributed by atoms with Crippen LogP contribution in [0.25, 0.3) is 5.82 Å². The van der Waals surface area contributed by atoms with Crippen molar-refractivity contribution in [1.82, 2.24) is 25.1 Å². The van der Waals surface area contributed by atoms with Gasteiger partial charge >= 0.3 is 0 Å². The molecule has 0 spiro atoms. The lowest BCUT2D eigenvalue weighted by Gasteiger charge is -2.08. The third kappa shape index (κ3) is 3.32. The van der Waals surface area contributed by atoms with Crippen LogP contribution in [-0.4, -0.2) is 26.5 Å². The predicted molar refractivity (Wildman–Crippen MR) is 89.5 cm³/mol. The van der Waals surface area contributed by atoms with Crippen LogP contribution in [0.2, 0.25) is 0 Å². The Morgan fingerprint density at radius 2 is 2.08 bits per heavy atom. The Balaban J connectivity index is 0.00000169. The van der Waals surface area contributed by atoms with Crippen LogP contribution in [0.15, 0.2) is 49.2 Å². The number of nitrogens with zero attached hydrogens (tertiary/aromatic N) is 4. The van der Waals surface area contributed by atoms with Crippen LogP contribution >= 0.6 is 12.4 Å². The van der Waals surface area contributed by atoms with Gasteiger partial charge in [-0.05, 0) is 17.7 Å². The Hall–Kier alpha value is -2.64. The van der Waals surface area contributed by atoms with Gasteiger partial charge < -0.3 is 14.8 Å². The first-order valence-corrected chi connectivity index (χ1v) is 7.28. The third-order valence-corrected chi connectivity index (χ3v) is 3.59. The standard InChI is InChI=1S/C16H15N5O2.ClH/c1-2-13(16-14(3-1)22-11-23-16)8-17-6-12-4-5-15(19-7-12)21-10-18-9-20-21;/h1-5,7,9-10,17H,6,8,11H2;1H. The van der Waals surface area contributed by atoms with E-state index in [0.29, 0.717) is 13.3 Å². The second kappa shape index (κ2) is 7.29. The highest BCUT2D eigenvalue weighted by Gasteiger charge is 2.16. The van der Waals surface area contributed by atoms with Crippen molar-refractivity contribution in [2.75, 3.05) is 6.79 Å². The molecule has 1 aromatic carbocycles. The van der Waals surface area contributed by atoms with Crippen LogP contribution in [0.5, 0.6) is 11.5 Å². The molecule has 0 fully saturated rings. The maximum absolute atomic E-state index is 5.50. The largest absolute Gasteiger partial charge is 0.454 e. The number of hydrogen-bond acceptors (Lipinski definition) is 6. The summed E-state index contributed by atoms with van der Waals surface area (Å²) in [7, 11) is 0. The molecule has 0 saturated heterocycles. The summed E-state index contributed by atoms with van der Waals surface area (Å²) in [5, 5.41) is 7.44. The van der Waals surface area contributed by atoms with Crippen LogP contribution in [-0.2, 0) is 13.1 Å². The number of fused-ring (bicyclic) bond motifs is 1. The molecule has 0 amide bonds. The fourth-order valence-corrected chi connectivity index (χ4v) is 2.45. The van der Waals surface area contributed by atoms with Crippen molar-refractivity contribution in [3.05, 3.63) is 60.3 Å². The molecule has 0 bridgehead atoms. The van der Waals surface area contributed by atoms with E-state index in [-0.39, 0.29) is 12.4 Å². The van der Waals surface area contributed by atoms with Crippen LogP contribution in [0.3, 0.4) is 0 Å². The number of pyridine rings is 1. The average molecular weight is 346 g/mol. The highest BCUT2D eigenvalue weighted by molar-refractivity contribution is 5.85. The Labute approximate surface area is 145 Å². The molecule has 2 aromatic heterocycles. The summed E-state index contributed by atoms with van der Waals surface area (Å²) in [6.45, 7) is 1.71.